The number of aromatic nitrogens is 2. The van der Waals surface area contributed by atoms with Crippen LogP contribution in [0.4, 0.5) is 0 Å². The van der Waals surface area contributed by atoms with Crippen LogP contribution < -0.4 is 5.73 Å². The molecule has 1 unspecified atom stereocenters. The minimum Gasteiger partial charge on any atom is -0.457 e. The molecule has 2 N–H and O–H groups in total. The summed E-state index contributed by atoms with van der Waals surface area (Å²) in [6.07, 6.45) is 1.53. The average molecular weight is 302 g/mol. The summed E-state index contributed by atoms with van der Waals surface area (Å²) < 4.78 is 15.8. The Hall–Kier alpha value is -1.18. The van der Waals surface area contributed by atoms with Crippen LogP contribution in [0.2, 0.25) is 0 Å². The van der Waals surface area contributed by atoms with Crippen LogP contribution in [0, 0.1) is 0 Å². The third-order valence-electron chi connectivity index (χ3n) is 2.23. The summed E-state index contributed by atoms with van der Waals surface area (Å²) in [4.78, 5) is 4.23. The van der Waals surface area contributed by atoms with E-state index in [-0.39, 0.29) is 0 Å². The van der Waals surface area contributed by atoms with Crippen molar-refractivity contribution in [3.8, 4) is 11.5 Å². The predicted octanol–water partition coefficient (Wildman–Crippen LogP) is 1.91. The lowest BCUT2D eigenvalue weighted by Crippen LogP contribution is -2.38. The molecule has 7 heteroatoms. The molecule has 2 aromatic heterocycles. The van der Waals surface area contributed by atoms with Gasteiger partial charge in [0.1, 0.15) is 5.54 Å². The number of methoxy groups -OCH3 is 1. The van der Waals surface area contributed by atoms with E-state index in [1.807, 2.05) is 0 Å². The van der Waals surface area contributed by atoms with Gasteiger partial charge >= 0.3 is 0 Å². The number of halogens is 1. The van der Waals surface area contributed by atoms with Gasteiger partial charge in [0, 0.05) is 7.11 Å². The van der Waals surface area contributed by atoms with Crippen molar-refractivity contribution in [2.75, 3.05) is 13.7 Å². The summed E-state index contributed by atoms with van der Waals surface area (Å²) in [5.74, 6) is 0.746. The second-order valence-electron chi connectivity index (χ2n) is 3.88. The molecule has 0 bridgehead atoms. The van der Waals surface area contributed by atoms with Gasteiger partial charge < -0.3 is 19.4 Å². The molecule has 2 rings (SSSR count). The molecule has 0 spiro atoms. The van der Waals surface area contributed by atoms with Gasteiger partial charge in [-0.1, -0.05) is 5.16 Å². The molecule has 2 heterocycles. The second kappa shape index (κ2) is 4.59. The zero-order valence-electron chi connectivity index (χ0n) is 9.44. The zero-order chi connectivity index (χ0) is 12.5. The smallest absolute Gasteiger partial charge is 0.262 e. The number of furan rings is 1. The molecule has 0 amide bonds. The molecule has 0 radical (unpaired) electrons. The Kier molecular flexibility index (Phi) is 3.32. The van der Waals surface area contributed by atoms with E-state index < -0.39 is 5.54 Å². The Labute approximate surface area is 106 Å². The minimum absolute atomic E-state index is 0.304. The molecule has 0 fully saturated rings. The normalized spacial score (nSPS) is 14.8. The lowest BCUT2D eigenvalue weighted by atomic mass is 10.1. The predicted molar refractivity (Wildman–Crippen MR) is 63.1 cm³/mol. The Balaban J connectivity index is 2.31. The molecular formula is C10H12BrN3O3. The minimum atomic E-state index is -0.785. The van der Waals surface area contributed by atoms with E-state index in [1.54, 1.807) is 20.1 Å². The Morgan fingerprint density at radius 2 is 2.35 bits per heavy atom. The van der Waals surface area contributed by atoms with Crippen LogP contribution in [0.5, 0.6) is 0 Å². The topological polar surface area (TPSA) is 87.3 Å². The van der Waals surface area contributed by atoms with Gasteiger partial charge in [-0.05, 0) is 28.9 Å². The monoisotopic (exact) mass is 301 g/mol. The number of hydrogen-bond donors (Lipinski definition) is 1. The van der Waals surface area contributed by atoms with E-state index in [2.05, 4.69) is 26.1 Å². The highest BCUT2D eigenvalue weighted by Crippen LogP contribution is 2.28. The van der Waals surface area contributed by atoms with E-state index in [0.717, 1.165) is 0 Å². The molecule has 1 atom stereocenters. The summed E-state index contributed by atoms with van der Waals surface area (Å²) in [6.45, 7) is 2.08. The van der Waals surface area contributed by atoms with Crippen LogP contribution in [0.3, 0.4) is 0 Å². The molecule has 17 heavy (non-hydrogen) atoms. The molecule has 6 nitrogen and oxygen atoms in total. The Bertz CT molecular complexity index is 506. The van der Waals surface area contributed by atoms with Crippen LogP contribution in [-0.2, 0) is 10.3 Å². The van der Waals surface area contributed by atoms with Crippen molar-refractivity contribution >= 4 is 15.9 Å². The highest BCUT2D eigenvalue weighted by atomic mass is 79.9. The van der Waals surface area contributed by atoms with E-state index in [1.165, 1.54) is 6.26 Å². The van der Waals surface area contributed by atoms with E-state index in [0.29, 0.717) is 28.6 Å². The molecular weight excluding hydrogens is 290 g/mol. The van der Waals surface area contributed by atoms with Gasteiger partial charge in [0.2, 0.25) is 0 Å². The first kappa shape index (κ1) is 12.3. The summed E-state index contributed by atoms with van der Waals surface area (Å²) in [5, 5.41) is 3.85. The number of hydrogen-bond acceptors (Lipinski definition) is 6. The van der Waals surface area contributed by atoms with Gasteiger partial charge in [0.05, 0.1) is 18.4 Å². The lowest BCUT2D eigenvalue weighted by Gasteiger charge is -2.18. The van der Waals surface area contributed by atoms with Crippen LogP contribution >= 0.6 is 15.9 Å². The number of rotatable bonds is 4. The third kappa shape index (κ3) is 2.41. The first-order valence-electron chi connectivity index (χ1n) is 4.90. The van der Waals surface area contributed by atoms with Gasteiger partial charge in [-0.25, -0.2) is 0 Å². The molecule has 0 aliphatic heterocycles. The number of ether oxygens (including phenoxy) is 1. The van der Waals surface area contributed by atoms with Crippen LogP contribution in [0.25, 0.3) is 11.5 Å². The van der Waals surface area contributed by atoms with Gasteiger partial charge in [0.25, 0.3) is 5.89 Å². The van der Waals surface area contributed by atoms with Gasteiger partial charge in [-0.2, -0.15) is 4.98 Å². The Morgan fingerprint density at radius 3 is 2.94 bits per heavy atom. The molecule has 2 aromatic rings. The largest absolute Gasteiger partial charge is 0.457 e. The standard InChI is InChI=1S/C10H12BrN3O3/c1-10(12,5-15-2)9-13-8(17-14-9)6-3-4-16-7(6)11/h3-4H,5,12H2,1-2H3. The second-order valence-corrected chi connectivity index (χ2v) is 4.60. The SMILES string of the molecule is COCC(C)(N)c1noc(-c2ccoc2Br)n1. The van der Waals surface area contributed by atoms with Crippen molar-refractivity contribution in [1.82, 2.24) is 10.1 Å². The van der Waals surface area contributed by atoms with Crippen molar-refractivity contribution < 1.29 is 13.7 Å². The van der Waals surface area contributed by atoms with Crippen molar-refractivity contribution in [2.24, 2.45) is 5.73 Å². The quantitative estimate of drug-likeness (QED) is 0.928. The molecule has 0 aliphatic rings. The first-order valence-corrected chi connectivity index (χ1v) is 5.69. The van der Waals surface area contributed by atoms with Crippen molar-refractivity contribution in [3.05, 3.63) is 22.8 Å². The fourth-order valence-electron chi connectivity index (χ4n) is 1.38. The van der Waals surface area contributed by atoms with Gasteiger partial charge in [-0.3, -0.25) is 0 Å². The van der Waals surface area contributed by atoms with Gasteiger partial charge in [-0.15, -0.1) is 0 Å². The summed E-state index contributed by atoms with van der Waals surface area (Å²) in [6, 6.07) is 1.73. The first-order chi connectivity index (χ1) is 8.04. The van der Waals surface area contributed by atoms with E-state index in [9.17, 15) is 0 Å². The average Bonchev–Trinajstić information content (AvgIpc) is 2.85. The van der Waals surface area contributed by atoms with Crippen LogP contribution in [0.15, 0.2) is 25.9 Å². The maximum Gasteiger partial charge on any atom is 0.262 e. The fraction of sp³-hybridized carbons (Fsp3) is 0.400. The summed E-state index contributed by atoms with van der Waals surface area (Å²) >= 11 is 3.24. The van der Waals surface area contributed by atoms with Crippen molar-refractivity contribution in [2.45, 2.75) is 12.5 Å². The molecule has 0 saturated heterocycles. The van der Waals surface area contributed by atoms with E-state index >= 15 is 0 Å². The summed E-state index contributed by atoms with van der Waals surface area (Å²) in [7, 11) is 1.57. The number of nitrogens with zero attached hydrogens (tertiary/aromatic N) is 2. The molecule has 92 valence electrons. The third-order valence-corrected chi connectivity index (χ3v) is 2.84. The fourth-order valence-corrected chi connectivity index (χ4v) is 1.79. The Morgan fingerprint density at radius 1 is 1.59 bits per heavy atom. The van der Waals surface area contributed by atoms with Crippen molar-refractivity contribution in [3.63, 3.8) is 0 Å². The van der Waals surface area contributed by atoms with Crippen LogP contribution in [0.1, 0.15) is 12.7 Å². The lowest BCUT2D eigenvalue weighted by molar-refractivity contribution is 0.135. The number of nitrogens with two attached hydrogens (primary N) is 1. The van der Waals surface area contributed by atoms with Crippen LogP contribution in [-0.4, -0.2) is 23.9 Å². The maximum absolute atomic E-state index is 6.01. The molecule has 0 aliphatic carbocycles. The highest BCUT2D eigenvalue weighted by Gasteiger charge is 2.28. The zero-order valence-corrected chi connectivity index (χ0v) is 11.0. The van der Waals surface area contributed by atoms with E-state index in [4.69, 9.17) is 19.4 Å². The maximum atomic E-state index is 6.01. The summed E-state index contributed by atoms with van der Waals surface area (Å²) in [5.41, 5.74) is 5.91. The molecule has 0 aromatic carbocycles. The van der Waals surface area contributed by atoms with Crippen molar-refractivity contribution in [1.29, 1.82) is 0 Å². The molecule has 0 saturated carbocycles. The highest BCUT2D eigenvalue weighted by molar-refractivity contribution is 9.10. The van der Waals surface area contributed by atoms with Gasteiger partial charge in [0.15, 0.2) is 10.5 Å².